The van der Waals surface area contributed by atoms with E-state index < -0.39 is 0 Å². The monoisotopic (exact) mass is 277 g/mol. The van der Waals surface area contributed by atoms with Crippen LogP contribution in [0.3, 0.4) is 0 Å². The van der Waals surface area contributed by atoms with Crippen LogP contribution in [0.25, 0.3) is 11.5 Å². The minimum atomic E-state index is 0.0102. The smallest absolute Gasteiger partial charge is 0.263 e. The minimum Gasteiger partial charge on any atom is -0.376 e. The summed E-state index contributed by atoms with van der Waals surface area (Å²) in [6.45, 7) is 4.20. The number of rotatable bonds is 4. The SMILES string of the molecule is Cc1noc(-c2cncnc2NC[C@H]2COCCO2)n1. The minimum absolute atomic E-state index is 0.0102. The molecule has 0 amide bonds. The standard InChI is InChI=1S/C12H15N5O3/c1-8-16-12(20-17-8)10-5-13-7-15-11(10)14-4-9-6-18-2-3-19-9/h5,7,9H,2-4,6H2,1H3,(H,13,14,15)/t9-/m0/s1. The van der Waals surface area contributed by atoms with Gasteiger partial charge in [-0.05, 0) is 6.92 Å². The molecule has 3 rings (SSSR count). The average molecular weight is 277 g/mol. The first kappa shape index (κ1) is 12.9. The summed E-state index contributed by atoms with van der Waals surface area (Å²) in [5.74, 6) is 1.60. The summed E-state index contributed by atoms with van der Waals surface area (Å²) < 4.78 is 16.1. The first-order valence-electron chi connectivity index (χ1n) is 6.37. The Morgan fingerprint density at radius 3 is 3.10 bits per heavy atom. The van der Waals surface area contributed by atoms with Crippen LogP contribution in [0, 0.1) is 6.92 Å². The summed E-state index contributed by atoms with van der Waals surface area (Å²) in [7, 11) is 0. The highest BCUT2D eigenvalue weighted by atomic mass is 16.6. The van der Waals surface area contributed by atoms with E-state index in [0.29, 0.717) is 49.5 Å². The normalized spacial score (nSPS) is 18.9. The largest absolute Gasteiger partial charge is 0.376 e. The van der Waals surface area contributed by atoms with Gasteiger partial charge in [0, 0.05) is 12.7 Å². The molecule has 0 bridgehead atoms. The lowest BCUT2D eigenvalue weighted by Gasteiger charge is -2.23. The van der Waals surface area contributed by atoms with Crippen LogP contribution in [0.15, 0.2) is 17.0 Å². The molecule has 8 nitrogen and oxygen atoms in total. The number of ether oxygens (including phenoxy) is 2. The number of nitrogens with zero attached hydrogens (tertiary/aromatic N) is 4. The van der Waals surface area contributed by atoms with Crippen LogP contribution in [0.5, 0.6) is 0 Å². The van der Waals surface area contributed by atoms with Crippen molar-refractivity contribution in [2.75, 3.05) is 31.7 Å². The van der Waals surface area contributed by atoms with Crippen LogP contribution in [-0.2, 0) is 9.47 Å². The van der Waals surface area contributed by atoms with E-state index in [2.05, 4.69) is 25.4 Å². The third-order valence-electron chi connectivity index (χ3n) is 2.85. The van der Waals surface area contributed by atoms with Gasteiger partial charge in [-0.25, -0.2) is 9.97 Å². The lowest BCUT2D eigenvalue weighted by Crippen LogP contribution is -2.34. The van der Waals surface area contributed by atoms with Gasteiger partial charge < -0.3 is 19.3 Å². The van der Waals surface area contributed by atoms with E-state index >= 15 is 0 Å². The fourth-order valence-corrected chi connectivity index (χ4v) is 1.90. The maximum atomic E-state index is 5.57. The fourth-order valence-electron chi connectivity index (χ4n) is 1.90. The topological polar surface area (TPSA) is 95.2 Å². The number of aromatic nitrogens is 4. The zero-order valence-corrected chi connectivity index (χ0v) is 11.1. The quantitative estimate of drug-likeness (QED) is 0.871. The van der Waals surface area contributed by atoms with Crippen LogP contribution in [-0.4, -0.2) is 52.6 Å². The van der Waals surface area contributed by atoms with Crippen molar-refractivity contribution in [1.82, 2.24) is 20.1 Å². The molecule has 20 heavy (non-hydrogen) atoms. The second kappa shape index (κ2) is 5.93. The second-order valence-electron chi connectivity index (χ2n) is 4.38. The van der Waals surface area contributed by atoms with E-state index in [-0.39, 0.29) is 6.10 Å². The summed E-state index contributed by atoms with van der Waals surface area (Å²) in [4.78, 5) is 12.4. The van der Waals surface area contributed by atoms with Crippen molar-refractivity contribution < 1.29 is 14.0 Å². The third kappa shape index (κ3) is 2.91. The van der Waals surface area contributed by atoms with Crippen molar-refractivity contribution in [2.24, 2.45) is 0 Å². The number of nitrogens with one attached hydrogen (secondary N) is 1. The lowest BCUT2D eigenvalue weighted by atomic mass is 10.3. The fraction of sp³-hybridized carbons (Fsp3) is 0.500. The number of hydrogen-bond donors (Lipinski definition) is 1. The molecule has 1 aliphatic rings. The lowest BCUT2D eigenvalue weighted by molar-refractivity contribution is -0.0819. The van der Waals surface area contributed by atoms with Gasteiger partial charge in [0.25, 0.3) is 5.89 Å². The molecule has 0 unspecified atom stereocenters. The van der Waals surface area contributed by atoms with Crippen molar-refractivity contribution in [1.29, 1.82) is 0 Å². The summed E-state index contributed by atoms with van der Waals surface area (Å²) in [5.41, 5.74) is 0.671. The maximum Gasteiger partial charge on any atom is 0.263 e. The molecular weight excluding hydrogens is 262 g/mol. The molecule has 1 fully saturated rings. The van der Waals surface area contributed by atoms with E-state index in [1.54, 1.807) is 13.1 Å². The molecule has 1 aliphatic heterocycles. The molecular formula is C12H15N5O3. The maximum absolute atomic E-state index is 5.57. The first-order chi connectivity index (χ1) is 9.83. The Bertz CT molecular complexity index is 568. The number of hydrogen-bond acceptors (Lipinski definition) is 8. The molecule has 0 saturated carbocycles. The Morgan fingerprint density at radius 2 is 2.35 bits per heavy atom. The van der Waals surface area contributed by atoms with Crippen molar-refractivity contribution in [3.63, 3.8) is 0 Å². The molecule has 1 N–H and O–H groups in total. The summed E-state index contributed by atoms with van der Waals surface area (Å²) >= 11 is 0. The molecule has 8 heteroatoms. The predicted molar refractivity (Wildman–Crippen MR) is 69.1 cm³/mol. The van der Waals surface area contributed by atoms with Crippen molar-refractivity contribution in [2.45, 2.75) is 13.0 Å². The molecule has 1 atom stereocenters. The van der Waals surface area contributed by atoms with Crippen molar-refractivity contribution in [3.05, 3.63) is 18.3 Å². The molecule has 0 aliphatic carbocycles. The van der Waals surface area contributed by atoms with Gasteiger partial charge >= 0.3 is 0 Å². The van der Waals surface area contributed by atoms with Gasteiger partial charge in [-0.3, -0.25) is 0 Å². The molecule has 2 aromatic heterocycles. The van der Waals surface area contributed by atoms with Crippen LogP contribution >= 0.6 is 0 Å². The van der Waals surface area contributed by atoms with Crippen LogP contribution in [0.4, 0.5) is 5.82 Å². The van der Waals surface area contributed by atoms with E-state index in [1.807, 2.05) is 0 Å². The Labute approximate surface area is 115 Å². The Kier molecular flexibility index (Phi) is 3.84. The van der Waals surface area contributed by atoms with Gasteiger partial charge in [0.15, 0.2) is 5.82 Å². The summed E-state index contributed by atoms with van der Waals surface area (Å²) in [5, 5.41) is 6.98. The van der Waals surface area contributed by atoms with Crippen molar-refractivity contribution in [3.8, 4) is 11.5 Å². The summed E-state index contributed by atoms with van der Waals surface area (Å²) in [6, 6.07) is 0. The van der Waals surface area contributed by atoms with Gasteiger partial charge in [0.1, 0.15) is 17.7 Å². The highest BCUT2D eigenvalue weighted by Crippen LogP contribution is 2.23. The van der Waals surface area contributed by atoms with E-state index in [1.165, 1.54) is 6.33 Å². The Hall–Kier alpha value is -2.06. The molecule has 0 spiro atoms. The average Bonchev–Trinajstić information content (AvgIpc) is 2.93. The second-order valence-corrected chi connectivity index (χ2v) is 4.38. The highest BCUT2D eigenvalue weighted by Gasteiger charge is 2.17. The first-order valence-corrected chi connectivity index (χ1v) is 6.37. The van der Waals surface area contributed by atoms with Gasteiger partial charge in [-0.1, -0.05) is 5.16 Å². The Balaban J connectivity index is 1.72. The molecule has 1 saturated heterocycles. The number of anilines is 1. The molecule has 106 valence electrons. The zero-order valence-electron chi connectivity index (χ0n) is 11.1. The van der Waals surface area contributed by atoms with Gasteiger partial charge in [0.2, 0.25) is 0 Å². The highest BCUT2D eigenvalue weighted by molar-refractivity contribution is 5.67. The third-order valence-corrected chi connectivity index (χ3v) is 2.85. The molecule has 0 radical (unpaired) electrons. The van der Waals surface area contributed by atoms with Gasteiger partial charge in [-0.2, -0.15) is 4.98 Å². The molecule has 0 aromatic carbocycles. The molecule has 2 aromatic rings. The predicted octanol–water partition coefficient (Wildman–Crippen LogP) is 0.662. The zero-order chi connectivity index (χ0) is 13.8. The van der Waals surface area contributed by atoms with Crippen LogP contribution in [0.1, 0.15) is 5.82 Å². The van der Waals surface area contributed by atoms with E-state index in [4.69, 9.17) is 14.0 Å². The van der Waals surface area contributed by atoms with Crippen molar-refractivity contribution >= 4 is 5.82 Å². The van der Waals surface area contributed by atoms with Gasteiger partial charge in [-0.15, -0.1) is 0 Å². The van der Waals surface area contributed by atoms with Crippen LogP contribution in [0.2, 0.25) is 0 Å². The van der Waals surface area contributed by atoms with E-state index in [9.17, 15) is 0 Å². The number of aryl methyl sites for hydroxylation is 1. The van der Waals surface area contributed by atoms with Crippen LogP contribution < -0.4 is 5.32 Å². The van der Waals surface area contributed by atoms with Gasteiger partial charge in [0.05, 0.1) is 25.9 Å². The molecule has 3 heterocycles. The summed E-state index contributed by atoms with van der Waals surface area (Å²) in [6.07, 6.45) is 3.12. The Morgan fingerprint density at radius 1 is 1.40 bits per heavy atom. The van der Waals surface area contributed by atoms with E-state index in [0.717, 1.165) is 0 Å².